The molecule has 1 aromatic heterocycles. The van der Waals surface area contributed by atoms with Crippen LogP contribution in [0.2, 0.25) is 5.02 Å². The monoisotopic (exact) mass is 363 g/mol. The first kappa shape index (κ1) is 17.6. The van der Waals surface area contributed by atoms with Gasteiger partial charge in [-0.15, -0.1) is 0 Å². The van der Waals surface area contributed by atoms with Gasteiger partial charge in [0.1, 0.15) is 17.3 Å². The molecule has 1 unspecified atom stereocenters. The van der Waals surface area contributed by atoms with Crippen molar-refractivity contribution in [2.24, 2.45) is 4.99 Å². The molecule has 0 amide bonds. The summed E-state index contributed by atoms with van der Waals surface area (Å²) in [5, 5.41) is 15.3. The summed E-state index contributed by atoms with van der Waals surface area (Å²) in [5.74, 6) is -0.0331. The first-order valence-electron chi connectivity index (χ1n) is 7.86. The third kappa shape index (κ3) is 3.45. The lowest BCUT2D eigenvalue weighted by atomic mass is 9.88. The SMILES string of the molecule is CC(C)(C)c1onc(-c2ccc(Cl)cc2F)c1C(O)N1C=NC=CC1. The van der Waals surface area contributed by atoms with E-state index in [9.17, 15) is 9.50 Å². The van der Waals surface area contributed by atoms with Crippen LogP contribution < -0.4 is 0 Å². The van der Waals surface area contributed by atoms with E-state index in [4.69, 9.17) is 16.1 Å². The van der Waals surface area contributed by atoms with Gasteiger partial charge >= 0.3 is 0 Å². The van der Waals surface area contributed by atoms with Crippen LogP contribution in [-0.2, 0) is 5.41 Å². The van der Waals surface area contributed by atoms with Crippen LogP contribution in [-0.4, -0.2) is 28.0 Å². The first-order valence-corrected chi connectivity index (χ1v) is 8.24. The Kier molecular flexibility index (Phi) is 4.67. The Morgan fingerprint density at radius 1 is 1.36 bits per heavy atom. The van der Waals surface area contributed by atoms with Crippen molar-refractivity contribution in [3.8, 4) is 11.3 Å². The zero-order chi connectivity index (χ0) is 18.2. The highest BCUT2D eigenvalue weighted by atomic mass is 35.5. The largest absolute Gasteiger partial charge is 0.369 e. The second-order valence-corrected chi connectivity index (χ2v) is 7.30. The van der Waals surface area contributed by atoms with Crippen LogP contribution in [0.4, 0.5) is 4.39 Å². The summed E-state index contributed by atoms with van der Waals surface area (Å²) in [6.07, 6.45) is 3.93. The van der Waals surface area contributed by atoms with E-state index in [1.165, 1.54) is 18.5 Å². The zero-order valence-corrected chi connectivity index (χ0v) is 15.0. The van der Waals surface area contributed by atoms with Crippen LogP contribution >= 0.6 is 11.6 Å². The second kappa shape index (κ2) is 6.61. The summed E-state index contributed by atoms with van der Waals surface area (Å²) < 4.78 is 19.9. The minimum atomic E-state index is -1.07. The van der Waals surface area contributed by atoms with Crippen molar-refractivity contribution in [3.63, 3.8) is 0 Å². The number of aromatic nitrogens is 1. The van der Waals surface area contributed by atoms with Crippen LogP contribution in [0.25, 0.3) is 11.3 Å². The fraction of sp³-hybridized carbons (Fsp3) is 0.333. The van der Waals surface area contributed by atoms with Crippen molar-refractivity contribution in [2.45, 2.75) is 32.4 Å². The molecule has 1 N–H and O–H groups in total. The zero-order valence-electron chi connectivity index (χ0n) is 14.2. The van der Waals surface area contributed by atoms with Crippen LogP contribution in [0.1, 0.15) is 38.3 Å². The third-order valence-electron chi connectivity index (χ3n) is 3.89. The molecule has 0 fully saturated rings. The average Bonchev–Trinajstić information content (AvgIpc) is 3.00. The molecule has 0 aliphatic carbocycles. The van der Waals surface area contributed by atoms with Crippen molar-refractivity contribution >= 4 is 17.9 Å². The van der Waals surface area contributed by atoms with Crippen LogP contribution in [0.15, 0.2) is 40.0 Å². The predicted octanol–water partition coefficient (Wildman–Crippen LogP) is 4.28. The molecule has 132 valence electrons. The van der Waals surface area contributed by atoms with Crippen LogP contribution in [0.5, 0.6) is 0 Å². The van der Waals surface area contributed by atoms with Crippen molar-refractivity contribution in [1.82, 2.24) is 10.1 Å². The molecule has 1 aliphatic heterocycles. The second-order valence-electron chi connectivity index (χ2n) is 6.87. The minimum Gasteiger partial charge on any atom is -0.369 e. The molecule has 0 radical (unpaired) electrons. The molecule has 2 aromatic rings. The van der Waals surface area contributed by atoms with Gasteiger partial charge in [-0.05, 0) is 24.3 Å². The predicted molar refractivity (Wildman–Crippen MR) is 94.9 cm³/mol. The van der Waals surface area contributed by atoms with Crippen molar-refractivity contribution < 1.29 is 14.0 Å². The number of nitrogens with zero attached hydrogens (tertiary/aromatic N) is 3. The van der Waals surface area contributed by atoms with Crippen LogP contribution in [0, 0.1) is 5.82 Å². The molecular weight excluding hydrogens is 345 g/mol. The van der Waals surface area contributed by atoms with Gasteiger partial charge in [0.25, 0.3) is 0 Å². The Bertz CT molecular complexity index is 839. The van der Waals surface area contributed by atoms with Gasteiger partial charge in [-0.2, -0.15) is 0 Å². The first-order chi connectivity index (χ1) is 11.8. The third-order valence-corrected chi connectivity index (χ3v) is 4.13. The maximum atomic E-state index is 14.4. The summed E-state index contributed by atoms with van der Waals surface area (Å²) in [4.78, 5) is 5.65. The molecule has 1 atom stereocenters. The average molecular weight is 364 g/mol. The van der Waals surface area contributed by atoms with Gasteiger partial charge in [0.05, 0.1) is 11.9 Å². The maximum absolute atomic E-state index is 14.4. The Hall–Kier alpha value is -2.18. The summed E-state index contributed by atoms with van der Waals surface area (Å²) in [6, 6.07) is 4.32. The number of aliphatic hydroxyl groups excluding tert-OH is 1. The maximum Gasteiger partial charge on any atom is 0.159 e. The van der Waals surface area contributed by atoms with Gasteiger partial charge in [-0.3, -0.25) is 0 Å². The fourth-order valence-corrected chi connectivity index (χ4v) is 2.84. The summed E-state index contributed by atoms with van der Waals surface area (Å²) in [5.41, 5.74) is 0.486. The number of hydrogen-bond acceptors (Lipinski definition) is 5. The van der Waals surface area contributed by atoms with E-state index in [1.807, 2.05) is 26.8 Å². The van der Waals surface area contributed by atoms with Crippen molar-refractivity contribution in [3.05, 3.63) is 52.6 Å². The highest BCUT2D eigenvalue weighted by Crippen LogP contribution is 2.39. The summed E-state index contributed by atoms with van der Waals surface area (Å²) in [6.45, 7) is 6.30. The normalized spacial score (nSPS) is 15.7. The van der Waals surface area contributed by atoms with E-state index in [2.05, 4.69) is 10.1 Å². The molecule has 25 heavy (non-hydrogen) atoms. The van der Waals surface area contributed by atoms with Crippen molar-refractivity contribution in [2.75, 3.05) is 6.54 Å². The molecule has 0 saturated carbocycles. The number of hydrogen-bond donors (Lipinski definition) is 1. The highest BCUT2D eigenvalue weighted by molar-refractivity contribution is 6.30. The molecule has 7 heteroatoms. The van der Waals surface area contributed by atoms with Gasteiger partial charge in [0.15, 0.2) is 6.23 Å². The molecule has 0 saturated heterocycles. The van der Waals surface area contributed by atoms with Gasteiger partial charge in [0, 0.05) is 28.7 Å². The number of aliphatic hydroxyl groups is 1. The van der Waals surface area contributed by atoms with Crippen LogP contribution in [0.3, 0.4) is 0 Å². The van der Waals surface area contributed by atoms with Gasteiger partial charge in [-0.25, -0.2) is 9.38 Å². The number of aliphatic imine (C=N–C) groups is 1. The summed E-state index contributed by atoms with van der Waals surface area (Å²) in [7, 11) is 0. The van der Waals surface area contributed by atoms with Gasteiger partial charge < -0.3 is 14.5 Å². The molecule has 5 nitrogen and oxygen atoms in total. The lowest BCUT2D eigenvalue weighted by Gasteiger charge is -2.28. The lowest BCUT2D eigenvalue weighted by molar-refractivity contribution is 0.0601. The molecular formula is C18H19ClFN3O2. The lowest BCUT2D eigenvalue weighted by Crippen LogP contribution is -2.30. The molecule has 1 aliphatic rings. The molecule has 3 rings (SSSR count). The van der Waals surface area contributed by atoms with Gasteiger partial charge in [0.2, 0.25) is 0 Å². The Morgan fingerprint density at radius 3 is 2.72 bits per heavy atom. The standard InChI is InChI=1S/C18H19ClFN3O2/c1-18(2,3)16-14(17(24)23-8-4-7-21-10-23)15(22-25-16)12-6-5-11(19)9-13(12)20/h4-7,9-10,17,24H,8H2,1-3H3. The molecule has 1 aromatic carbocycles. The summed E-state index contributed by atoms with van der Waals surface area (Å²) >= 11 is 5.84. The van der Waals surface area contributed by atoms with E-state index >= 15 is 0 Å². The number of rotatable bonds is 3. The Balaban J connectivity index is 2.15. The quantitative estimate of drug-likeness (QED) is 0.884. The van der Waals surface area contributed by atoms with Crippen molar-refractivity contribution in [1.29, 1.82) is 0 Å². The number of benzene rings is 1. The van der Waals surface area contributed by atoms with E-state index in [-0.39, 0.29) is 16.3 Å². The molecule has 0 bridgehead atoms. The highest BCUT2D eigenvalue weighted by Gasteiger charge is 2.34. The van der Waals surface area contributed by atoms with E-state index in [0.29, 0.717) is 17.9 Å². The Morgan fingerprint density at radius 2 is 2.12 bits per heavy atom. The topological polar surface area (TPSA) is 61.9 Å². The Labute approximate surface area is 150 Å². The van der Waals surface area contributed by atoms with E-state index in [1.54, 1.807) is 17.2 Å². The van der Waals surface area contributed by atoms with E-state index < -0.39 is 17.5 Å². The molecule has 0 spiro atoms. The van der Waals surface area contributed by atoms with Gasteiger partial charge in [-0.1, -0.05) is 37.5 Å². The minimum absolute atomic E-state index is 0.224. The van der Waals surface area contributed by atoms with E-state index in [0.717, 1.165) is 0 Å². The smallest absolute Gasteiger partial charge is 0.159 e. The fourth-order valence-electron chi connectivity index (χ4n) is 2.68. The number of halogens is 2. The molecule has 2 heterocycles.